The van der Waals surface area contributed by atoms with Gasteiger partial charge in [-0.05, 0) is 60.5 Å². The second kappa shape index (κ2) is 5.62. The first-order chi connectivity index (χ1) is 10.0. The van der Waals surface area contributed by atoms with E-state index in [4.69, 9.17) is 0 Å². The topological polar surface area (TPSA) is 29.1 Å². The zero-order valence-corrected chi connectivity index (χ0v) is 14.1. The number of nitrogens with one attached hydrogen (secondary N) is 1. The van der Waals surface area contributed by atoms with Crippen molar-refractivity contribution in [2.75, 3.05) is 5.32 Å². The highest BCUT2D eigenvalue weighted by molar-refractivity contribution is 9.10. The molecule has 1 heterocycles. The van der Waals surface area contributed by atoms with Crippen molar-refractivity contribution in [1.82, 2.24) is 0 Å². The summed E-state index contributed by atoms with van der Waals surface area (Å²) < 4.78 is 1.05. The van der Waals surface area contributed by atoms with E-state index in [-0.39, 0.29) is 5.91 Å². The molecule has 1 aromatic heterocycles. The maximum atomic E-state index is 12.3. The fraction of sp³-hybridized carbons (Fsp3) is 0.118. The van der Waals surface area contributed by atoms with Crippen LogP contribution in [0.25, 0.3) is 10.8 Å². The summed E-state index contributed by atoms with van der Waals surface area (Å²) in [4.78, 5) is 14.2. The molecule has 0 aliphatic heterocycles. The standard InChI is InChI=1S/C17H14BrNOS/c1-10-7-16(21-11(10)2)17(20)19-15-6-4-12-8-14(18)5-3-13(12)9-15/h3-9H,1-2H3,(H,19,20). The number of benzene rings is 2. The molecule has 0 aliphatic rings. The van der Waals surface area contributed by atoms with Crippen LogP contribution in [0.2, 0.25) is 0 Å². The van der Waals surface area contributed by atoms with Gasteiger partial charge in [0.1, 0.15) is 0 Å². The number of thiophene rings is 1. The lowest BCUT2D eigenvalue weighted by molar-refractivity contribution is 0.103. The van der Waals surface area contributed by atoms with Crippen LogP contribution in [0.1, 0.15) is 20.1 Å². The van der Waals surface area contributed by atoms with Gasteiger partial charge in [0, 0.05) is 15.0 Å². The van der Waals surface area contributed by atoms with E-state index in [1.807, 2.05) is 50.2 Å². The number of rotatable bonds is 2. The molecule has 0 bridgehead atoms. The molecule has 21 heavy (non-hydrogen) atoms. The van der Waals surface area contributed by atoms with Crippen molar-refractivity contribution < 1.29 is 4.79 Å². The minimum atomic E-state index is -0.0485. The Hall–Kier alpha value is -1.65. The van der Waals surface area contributed by atoms with Gasteiger partial charge in [-0.15, -0.1) is 11.3 Å². The molecule has 2 nitrogen and oxygen atoms in total. The number of hydrogen-bond acceptors (Lipinski definition) is 2. The molecule has 4 heteroatoms. The van der Waals surface area contributed by atoms with E-state index in [1.54, 1.807) is 0 Å². The molecule has 0 spiro atoms. The van der Waals surface area contributed by atoms with Crippen LogP contribution in [0.4, 0.5) is 5.69 Å². The Morgan fingerprint density at radius 2 is 1.76 bits per heavy atom. The highest BCUT2D eigenvalue weighted by atomic mass is 79.9. The fourth-order valence-corrected chi connectivity index (χ4v) is 3.48. The van der Waals surface area contributed by atoms with E-state index in [0.717, 1.165) is 31.4 Å². The van der Waals surface area contributed by atoms with Gasteiger partial charge in [-0.1, -0.05) is 28.1 Å². The maximum Gasteiger partial charge on any atom is 0.265 e. The zero-order chi connectivity index (χ0) is 15.0. The van der Waals surface area contributed by atoms with Crippen molar-refractivity contribution in [3.8, 4) is 0 Å². The Morgan fingerprint density at radius 1 is 1.05 bits per heavy atom. The van der Waals surface area contributed by atoms with Gasteiger partial charge in [-0.2, -0.15) is 0 Å². The van der Waals surface area contributed by atoms with Crippen molar-refractivity contribution in [1.29, 1.82) is 0 Å². The van der Waals surface area contributed by atoms with Crippen molar-refractivity contribution in [3.63, 3.8) is 0 Å². The average Bonchev–Trinajstić information content (AvgIpc) is 2.79. The minimum Gasteiger partial charge on any atom is -0.321 e. The first-order valence-corrected chi connectivity index (χ1v) is 8.21. The summed E-state index contributed by atoms with van der Waals surface area (Å²) in [6, 6.07) is 14.0. The largest absolute Gasteiger partial charge is 0.321 e. The molecule has 0 radical (unpaired) electrons. The van der Waals surface area contributed by atoms with E-state index in [1.165, 1.54) is 16.2 Å². The van der Waals surface area contributed by atoms with Crippen LogP contribution in [0.15, 0.2) is 46.9 Å². The smallest absolute Gasteiger partial charge is 0.265 e. The summed E-state index contributed by atoms with van der Waals surface area (Å²) >= 11 is 4.99. The molecular formula is C17H14BrNOS. The molecule has 1 N–H and O–H groups in total. The summed E-state index contributed by atoms with van der Waals surface area (Å²) in [7, 11) is 0. The van der Waals surface area contributed by atoms with Crippen molar-refractivity contribution in [3.05, 3.63) is 62.3 Å². The van der Waals surface area contributed by atoms with Crippen LogP contribution in [0.5, 0.6) is 0 Å². The summed E-state index contributed by atoms with van der Waals surface area (Å²) in [5, 5.41) is 5.22. The van der Waals surface area contributed by atoms with Crippen molar-refractivity contribution in [2.24, 2.45) is 0 Å². The minimum absolute atomic E-state index is 0.0485. The predicted molar refractivity (Wildman–Crippen MR) is 93.4 cm³/mol. The predicted octanol–water partition coefficient (Wildman–Crippen LogP) is 5.53. The first kappa shape index (κ1) is 14.3. The Morgan fingerprint density at radius 3 is 2.48 bits per heavy atom. The summed E-state index contributed by atoms with van der Waals surface area (Å²) in [6.07, 6.45) is 0. The second-order valence-electron chi connectivity index (χ2n) is 5.01. The van der Waals surface area contributed by atoms with E-state index in [0.29, 0.717) is 0 Å². The van der Waals surface area contributed by atoms with Gasteiger partial charge in [-0.3, -0.25) is 4.79 Å². The highest BCUT2D eigenvalue weighted by Gasteiger charge is 2.10. The van der Waals surface area contributed by atoms with Crippen LogP contribution in [-0.4, -0.2) is 5.91 Å². The number of halogens is 1. The molecule has 1 amide bonds. The highest BCUT2D eigenvalue weighted by Crippen LogP contribution is 2.25. The van der Waals surface area contributed by atoms with Crippen LogP contribution < -0.4 is 5.32 Å². The van der Waals surface area contributed by atoms with Gasteiger partial charge in [0.15, 0.2) is 0 Å². The fourth-order valence-electron chi connectivity index (χ4n) is 2.17. The molecule has 0 saturated carbocycles. The molecule has 0 unspecified atom stereocenters. The SMILES string of the molecule is Cc1cc(C(=O)Nc2ccc3cc(Br)ccc3c2)sc1C. The Labute approximate surface area is 135 Å². The van der Waals surface area contributed by atoms with Gasteiger partial charge in [0.2, 0.25) is 0 Å². The van der Waals surface area contributed by atoms with Crippen LogP contribution in [-0.2, 0) is 0 Å². The number of amides is 1. The molecule has 3 aromatic rings. The van der Waals surface area contributed by atoms with E-state index in [9.17, 15) is 4.79 Å². The summed E-state index contributed by atoms with van der Waals surface area (Å²) in [6.45, 7) is 4.06. The Kier molecular flexibility index (Phi) is 3.83. The lowest BCUT2D eigenvalue weighted by Gasteiger charge is -2.06. The van der Waals surface area contributed by atoms with Crippen LogP contribution >= 0.6 is 27.3 Å². The zero-order valence-electron chi connectivity index (χ0n) is 11.7. The van der Waals surface area contributed by atoms with Crippen molar-refractivity contribution >= 4 is 49.6 Å². The lowest BCUT2D eigenvalue weighted by Crippen LogP contribution is -2.09. The molecule has 0 fully saturated rings. The van der Waals surface area contributed by atoms with Crippen LogP contribution in [0.3, 0.4) is 0 Å². The van der Waals surface area contributed by atoms with Gasteiger partial charge >= 0.3 is 0 Å². The molecule has 0 atom stereocenters. The molecule has 0 saturated heterocycles. The third-order valence-corrected chi connectivity index (χ3v) is 5.09. The summed E-state index contributed by atoms with van der Waals surface area (Å²) in [5.74, 6) is -0.0485. The third-order valence-electron chi connectivity index (χ3n) is 3.45. The first-order valence-electron chi connectivity index (χ1n) is 6.60. The Bertz CT molecular complexity index is 818. The molecule has 0 aliphatic carbocycles. The van der Waals surface area contributed by atoms with Gasteiger partial charge in [0.25, 0.3) is 5.91 Å². The number of carbonyl (C=O) groups excluding carboxylic acids is 1. The average molecular weight is 360 g/mol. The second-order valence-corrected chi connectivity index (χ2v) is 7.18. The number of hydrogen-bond donors (Lipinski definition) is 1. The Balaban J connectivity index is 1.87. The lowest BCUT2D eigenvalue weighted by atomic mass is 10.1. The number of fused-ring (bicyclic) bond motifs is 1. The molecule has 106 valence electrons. The monoisotopic (exact) mass is 359 g/mol. The van der Waals surface area contributed by atoms with E-state index in [2.05, 4.69) is 27.3 Å². The number of aryl methyl sites for hydroxylation is 2. The number of carbonyl (C=O) groups is 1. The van der Waals surface area contributed by atoms with Gasteiger partial charge < -0.3 is 5.32 Å². The van der Waals surface area contributed by atoms with Crippen LogP contribution in [0, 0.1) is 13.8 Å². The van der Waals surface area contributed by atoms with Crippen molar-refractivity contribution in [2.45, 2.75) is 13.8 Å². The normalized spacial score (nSPS) is 10.8. The van der Waals surface area contributed by atoms with E-state index < -0.39 is 0 Å². The third kappa shape index (κ3) is 3.01. The van der Waals surface area contributed by atoms with Gasteiger partial charge in [0.05, 0.1) is 4.88 Å². The quantitative estimate of drug-likeness (QED) is 0.639. The van der Waals surface area contributed by atoms with E-state index >= 15 is 0 Å². The number of anilines is 1. The molecule has 3 rings (SSSR count). The van der Waals surface area contributed by atoms with Gasteiger partial charge in [-0.25, -0.2) is 0 Å². The molecular weight excluding hydrogens is 346 g/mol. The molecule has 2 aromatic carbocycles. The summed E-state index contributed by atoms with van der Waals surface area (Å²) in [5.41, 5.74) is 1.98. The maximum absolute atomic E-state index is 12.3.